The largest absolute Gasteiger partial charge is 0.310 e. The molecule has 0 aliphatic carbocycles. The average Bonchev–Trinajstić information content (AvgIpc) is 2.45. The van der Waals surface area contributed by atoms with Crippen LogP contribution in [-0.4, -0.2) is 11.5 Å². The van der Waals surface area contributed by atoms with Gasteiger partial charge in [0.05, 0.1) is 0 Å². The second kappa shape index (κ2) is 7.27. The summed E-state index contributed by atoms with van der Waals surface area (Å²) >= 11 is 0. The third-order valence-corrected chi connectivity index (χ3v) is 3.51. The van der Waals surface area contributed by atoms with E-state index in [0.29, 0.717) is 12.0 Å². The number of nitrogens with zero attached hydrogens (tertiary/aromatic N) is 1. The Morgan fingerprint density at radius 2 is 1.86 bits per heavy atom. The maximum Gasteiger partial charge on any atom is 0.126 e. The van der Waals surface area contributed by atoms with Gasteiger partial charge in [-0.05, 0) is 54.3 Å². The number of hydrogen-bond acceptors (Lipinski definition) is 2. The van der Waals surface area contributed by atoms with Crippen molar-refractivity contribution in [3.05, 3.63) is 65.0 Å². The van der Waals surface area contributed by atoms with Crippen LogP contribution in [0.3, 0.4) is 0 Å². The van der Waals surface area contributed by atoms with Crippen LogP contribution in [0.5, 0.6) is 0 Å². The Kier molecular flexibility index (Phi) is 5.39. The van der Waals surface area contributed by atoms with Crippen molar-refractivity contribution < 1.29 is 8.78 Å². The molecule has 0 amide bonds. The molecule has 0 radical (unpaired) electrons. The Morgan fingerprint density at radius 1 is 1.14 bits per heavy atom. The molecule has 1 aromatic carbocycles. The van der Waals surface area contributed by atoms with Gasteiger partial charge < -0.3 is 5.32 Å². The molecule has 2 rings (SSSR count). The topological polar surface area (TPSA) is 24.9 Å². The highest BCUT2D eigenvalue weighted by atomic mass is 19.1. The molecule has 0 spiro atoms. The van der Waals surface area contributed by atoms with Gasteiger partial charge in [-0.3, -0.25) is 4.98 Å². The van der Waals surface area contributed by atoms with Crippen molar-refractivity contribution in [2.24, 2.45) is 0 Å². The maximum atomic E-state index is 13.3. The quantitative estimate of drug-likeness (QED) is 0.875. The zero-order valence-corrected chi connectivity index (χ0v) is 12.4. The Labute approximate surface area is 124 Å². The molecule has 0 aliphatic rings. The summed E-state index contributed by atoms with van der Waals surface area (Å²) in [5, 5.41) is 3.39. The first kappa shape index (κ1) is 15.6. The normalized spacial score (nSPS) is 12.4. The van der Waals surface area contributed by atoms with Crippen LogP contribution in [0.1, 0.15) is 36.6 Å². The van der Waals surface area contributed by atoms with Gasteiger partial charge in [0.1, 0.15) is 11.6 Å². The SMILES string of the molecule is CCNC(Cc1cc(F)cc(F)c1)c1ccncc1CC. The van der Waals surface area contributed by atoms with Gasteiger partial charge in [-0.25, -0.2) is 8.78 Å². The summed E-state index contributed by atoms with van der Waals surface area (Å²) in [5.41, 5.74) is 2.94. The average molecular weight is 290 g/mol. The van der Waals surface area contributed by atoms with E-state index in [4.69, 9.17) is 0 Å². The molecule has 2 nitrogen and oxygen atoms in total. The van der Waals surface area contributed by atoms with Crippen LogP contribution in [0.2, 0.25) is 0 Å². The number of rotatable bonds is 6. The van der Waals surface area contributed by atoms with Crippen molar-refractivity contribution in [3.8, 4) is 0 Å². The van der Waals surface area contributed by atoms with E-state index in [0.717, 1.165) is 30.2 Å². The second-order valence-corrected chi connectivity index (χ2v) is 5.02. The molecular weight excluding hydrogens is 270 g/mol. The van der Waals surface area contributed by atoms with Crippen molar-refractivity contribution in [2.75, 3.05) is 6.54 Å². The summed E-state index contributed by atoms with van der Waals surface area (Å²) < 4.78 is 26.7. The molecule has 112 valence electrons. The van der Waals surface area contributed by atoms with Crippen LogP contribution in [0.25, 0.3) is 0 Å². The molecule has 1 unspecified atom stereocenters. The monoisotopic (exact) mass is 290 g/mol. The van der Waals surface area contributed by atoms with Crippen molar-refractivity contribution in [1.82, 2.24) is 10.3 Å². The summed E-state index contributed by atoms with van der Waals surface area (Å²) in [5.74, 6) is -1.07. The van der Waals surface area contributed by atoms with Crippen LogP contribution in [0.15, 0.2) is 36.7 Å². The number of nitrogens with one attached hydrogen (secondary N) is 1. The number of pyridine rings is 1. The minimum Gasteiger partial charge on any atom is -0.310 e. The highest BCUT2D eigenvalue weighted by Crippen LogP contribution is 2.23. The Balaban J connectivity index is 2.30. The van der Waals surface area contributed by atoms with Gasteiger partial charge in [-0.15, -0.1) is 0 Å². The van der Waals surface area contributed by atoms with Crippen molar-refractivity contribution in [3.63, 3.8) is 0 Å². The minimum absolute atomic E-state index is 0.0224. The van der Waals surface area contributed by atoms with Crippen molar-refractivity contribution >= 4 is 0 Å². The molecule has 2 aromatic rings. The van der Waals surface area contributed by atoms with E-state index >= 15 is 0 Å². The summed E-state index contributed by atoms with van der Waals surface area (Å²) in [4.78, 5) is 4.15. The standard InChI is InChI=1S/C17H20F2N2/c1-3-13-11-20-6-5-16(13)17(21-4-2)9-12-7-14(18)10-15(19)8-12/h5-8,10-11,17,21H,3-4,9H2,1-2H3. The van der Waals surface area contributed by atoms with Gasteiger partial charge >= 0.3 is 0 Å². The molecule has 1 N–H and O–H groups in total. The summed E-state index contributed by atoms with van der Waals surface area (Å²) in [6.07, 6.45) is 5.03. The lowest BCUT2D eigenvalue weighted by atomic mass is 9.95. The van der Waals surface area contributed by atoms with E-state index in [1.54, 1.807) is 6.20 Å². The van der Waals surface area contributed by atoms with Gasteiger partial charge in [0.2, 0.25) is 0 Å². The summed E-state index contributed by atoms with van der Waals surface area (Å²) in [6.45, 7) is 4.88. The fourth-order valence-corrected chi connectivity index (χ4v) is 2.58. The molecular formula is C17H20F2N2. The van der Waals surface area contributed by atoms with Crippen LogP contribution >= 0.6 is 0 Å². The van der Waals surface area contributed by atoms with Crippen LogP contribution in [-0.2, 0) is 12.8 Å². The number of hydrogen-bond donors (Lipinski definition) is 1. The third-order valence-electron chi connectivity index (χ3n) is 3.51. The van der Waals surface area contributed by atoms with E-state index in [-0.39, 0.29) is 6.04 Å². The third kappa shape index (κ3) is 4.08. The van der Waals surface area contributed by atoms with Crippen LogP contribution in [0.4, 0.5) is 8.78 Å². The van der Waals surface area contributed by atoms with E-state index < -0.39 is 11.6 Å². The first-order chi connectivity index (χ1) is 10.1. The van der Waals surface area contributed by atoms with E-state index in [1.807, 2.05) is 19.2 Å². The van der Waals surface area contributed by atoms with Gasteiger partial charge in [-0.1, -0.05) is 13.8 Å². The highest BCUT2D eigenvalue weighted by Gasteiger charge is 2.15. The fraction of sp³-hybridized carbons (Fsp3) is 0.353. The molecule has 1 aromatic heterocycles. The van der Waals surface area contributed by atoms with Crippen molar-refractivity contribution in [1.29, 1.82) is 0 Å². The minimum atomic E-state index is -0.536. The zero-order chi connectivity index (χ0) is 15.2. The first-order valence-corrected chi connectivity index (χ1v) is 7.25. The number of aryl methyl sites for hydroxylation is 1. The molecule has 0 bridgehead atoms. The summed E-state index contributed by atoms with van der Waals surface area (Å²) in [7, 11) is 0. The van der Waals surface area contributed by atoms with E-state index in [1.165, 1.54) is 12.1 Å². The van der Waals surface area contributed by atoms with Crippen LogP contribution in [0, 0.1) is 11.6 Å². The number of likely N-dealkylation sites (N-methyl/N-ethyl adjacent to an activating group) is 1. The van der Waals surface area contributed by atoms with Gasteiger partial charge in [-0.2, -0.15) is 0 Å². The molecule has 0 saturated heterocycles. The number of halogens is 2. The van der Waals surface area contributed by atoms with E-state index in [2.05, 4.69) is 17.2 Å². The predicted molar refractivity (Wildman–Crippen MR) is 80.1 cm³/mol. The molecule has 0 saturated carbocycles. The maximum absolute atomic E-state index is 13.3. The van der Waals surface area contributed by atoms with Gasteiger partial charge in [0.25, 0.3) is 0 Å². The summed E-state index contributed by atoms with van der Waals surface area (Å²) in [6, 6.07) is 5.67. The molecule has 0 fully saturated rings. The zero-order valence-electron chi connectivity index (χ0n) is 12.4. The second-order valence-electron chi connectivity index (χ2n) is 5.02. The molecule has 21 heavy (non-hydrogen) atoms. The lowest BCUT2D eigenvalue weighted by Gasteiger charge is -2.21. The van der Waals surface area contributed by atoms with Crippen LogP contribution < -0.4 is 5.32 Å². The Hall–Kier alpha value is -1.81. The lowest BCUT2D eigenvalue weighted by Crippen LogP contribution is -2.24. The molecule has 1 heterocycles. The predicted octanol–water partition coefficient (Wildman–Crippen LogP) is 3.82. The lowest BCUT2D eigenvalue weighted by molar-refractivity contribution is 0.535. The Morgan fingerprint density at radius 3 is 2.48 bits per heavy atom. The molecule has 1 atom stereocenters. The smallest absolute Gasteiger partial charge is 0.126 e. The number of benzene rings is 1. The highest BCUT2D eigenvalue weighted by molar-refractivity contribution is 5.29. The van der Waals surface area contributed by atoms with E-state index in [9.17, 15) is 8.78 Å². The number of aromatic nitrogens is 1. The first-order valence-electron chi connectivity index (χ1n) is 7.25. The fourth-order valence-electron chi connectivity index (χ4n) is 2.58. The van der Waals surface area contributed by atoms with Gasteiger partial charge in [0.15, 0.2) is 0 Å². The van der Waals surface area contributed by atoms with Gasteiger partial charge in [0, 0.05) is 24.5 Å². The molecule has 4 heteroatoms. The van der Waals surface area contributed by atoms with Crippen molar-refractivity contribution in [2.45, 2.75) is 32.7 Å². The molecule has 0 aliphatic heterocycles. The Bertz CT molecular complexity index is 579.